The number of thiazole rings is 1. The van der Waals surface area contributed by atoms with Crippen LogP contribution in [-0.2, 0) is 11.2 Å². The van der Waals surface area contributed by atoms with E-state index in [4.69, 9.17) is 11.6 Å². The SMILES string of the molecule is O=C(/C=C\c1ccc(Cl)cc1)Nc1ncc(Cc2ccc(Br)cc2)s1. The first-order valence-electron chi connectivity index (χ1n) is 7.52. The van der Waals surface area contributed by atoms with Crippen molar-refractivity contribution in [1.82, 2.24) is 4.98 Å². The number of hydrogen-bond acceptors (Lipinski definition) is 3. The van der Waals surface area contributed by atoms with Crippen molar-refractivity contribution in [2.75, 3.05) is 5.32 Å². The minimum atomic E-state index is -0.209. The fourth-order valence-corrected chi connectivity index (χ4v) is 3.38. The molecule has 0 saturated carbocycles. The number of aromatic nitrogens is 1. The molecule has 1 aromatic heterocycles. The van der Waals surface area contributed by atoms with Crippen LogP contribution in [0.4, 0.5) is 5.13 Å². The molecule has 0 aliphatic carbocycles. The zero-order chi connectivity index (χ0) is 17.6. The molecule has 3 nitrogen and oxygen atoms in total. The number of halogens is 2. The number of carbonyl (C=O) groups excluding carboxylic acids is 1. The maximum Gasteiger partial charge on any atom is 0.250 e. The Balaban J connectivity index is 1.57. The Morgan fingerprint density at radius 1 is 1.16 bits per heavy atom. The summed E-state index contributed by atoms with van der Waals surface area (Å²) in [5.41, 5.74) is 2.11. The van der Waals surface area contributed by atoms with E-state index in [1.165, 1.54) is 23.0 Å². The van der Waals surface area contributed by atoms with E-state index in [2.05, 4.69) is 38.4 Å². The number of benzene rings is 2. The number of nitrogens with one attached hydrogen (secondary N) is 1. The summed E-state index contributed by atoms with van der Waals surface area (Å²) in [4.78, 5) is 17.4. The van der Waals surface area contributed by atoms with Gasteiger partial charge in [-0.3, -0.25) is 10.1 Å². The van der Waals surface area contributed by atoms with Gasteiger partial charge in [-0.15, -0.1) is 11.3 Å². The van der Waals surface area contributed by atoms with Gasteiger partial charge >= 0.3 is 0 Å². The summed E-state index contributed by atoms with van der Waals surface area (Å²) in [6.07, 6.45) is 5.81. The van der Waals surface area contributed by atoms with Crippen molar-refractivity contribution >= 4 is 56.0 Å². The van der Waals surface area contributed by atoms with Gasteiger partial charge in [0.2, 0.25) is 5.91 Å². The molecule has 25 heavy (non-hydrogen) atoms. The number of rotatable bonds is 5. The molecule has 0 aliphatic rings. The van der Waals surface area contributed by atoms with Crippen LogP contribution in [0.3, 0.4) is 0 Å². The van der Waals surface area contributed by atoms with E-state index in [0.29, 0.717) is 10.2 Å². The summed E-state index contributed by atoms with van der Waals surface area (Å²) in [5.74, 6) is -0.209. The minimum Gasteiger partial charge on any atom is -0.298 e. The van der Waals surface area contributed by atoms with Crippen LogP contribution >= 0.6 is 38.9 Å². The van der Waals surface area contributed by atoms with Crippen molar-refractivity contribution in [3.8, 4) is 0 Å². The van der Waals surface area contributed by atoms with E-state index in [9.17, 15) is 4.79 Å². The Morgan fingerprint density at radius 2 is 1.88 bits per heavy atom. The molecule has 1 N–H and O–H groups in total. The van der Waals surface area contributed by atoms with Crippen molar-refractivity contribution in [1.29, 1.82) is 0 Å². The highest BCUT2D eigenvalue weighted by Gasteiger charge is 2.05. The van der Waals surface area contributed by atoms with Crippen molar-refractivity contribution < 1.29 is 4.79 Å². The number of carbonyl (C=O) groups is 1. The fraction of sp³-hybridized carbons (Fsp3) is 0.0526. The largest absolute Gasteiger partial charge is 0.298 e. The zero-order valence-electron chi connectivity index (χ0n) is 13.1. The molecule has 126 valence electrons. The van der Waals surface area contributed by atoms with Crippen LogP contribution in [0.5, 0.6) is 0 Å². The summed E-state index contributed by atoms with van der Waals surface area (Å²) >= 11 is 10.7. The van der Waals surface area contributed by atoms with Gasteiger partial charge in [0.15, 0.2) is 5.13 Å². The van der Waals surface area contributed by atoms with Crippen LogP contribution in [0.25, 0.3) is 6.08 Å². The Labute approximate surface area is 163 Å². The second-order valence-corrected chi connectivity index (χ2v) is 7.78. The van der Waals surface area contributed by atoms with Gasteiger partial charge in [0.25, 0.3) is 0 Å². The quantitative estimate of drug-likeness (QED) is 0.517. The molecule has 3 rings (SSSR count). The van der Waals surface area contributed by atoms with Crippen molar-refractivity contribution in [3.63, 3.8) is 0 Å². The first kappa shape index (κ1) is 17.9. The van der Waals surface area contributed by atoms with E-state index in [-0.39, 0.29) is 5.91 Å². The molecule has 2 aromatic carbocycles. The molecule has 1 amide bonds. The highest BCUT2D eigenvalue weighted by atomic mass is 79.9. The van der Waals surface area contributed by atoms with Gasteiger partial charge in [0.1, 0.15) is 0 Å². The predicted molar refractivity (Wildman–Crippen MR) is 108 cm³/mol. The highest BCUT2D eigenvalue weighted by molar-refractivity contribution is 9.10. The fourth-order valence-electron chi connectivity index (χ4n) is 2.14. The van der Waals surface area contributed by atoms with Gasteiger partial charge in [-0.25, -0.2) is 4.98 Å². The maximum atomic E-state index is 12.0. The number of anilines is 1. The average Bonchev–Trinajstić information content (AvgIpc) is 3.03. The molecule has 0 atom stereocenters. The molecule has 3 aromatic rings. The molecule has 0 bridgehead atoms. The first-order valence-corrected chi connectivity index (χ1v) is 9.51. The topological polar surface area (TPSA) is 42.0 Å². The van der Waals surface area contributed by atoms with Crippen LogP contribution < -0.4 is 5.32 Å². The van der Waals surface area contributed by atoms with Gasteiger partial charge in [-0.1, -0.05) is 51.8 Å². The molecular formula is C19H14BrClN2OS. The summed E-state index contributed by atoms with van der Waals surface area (Å²) in [6.45, 7) is 0. The summed E-state index contributed by atoms with van der Waals surface area (Å²) < 4.78 is 1.06. The lowest BCUT2D eigenvalue weighted by Gasteiger charge is -1.98. The summed E-state index contributed by atoms with van der Waals surface area (Å²) in [6, 6.07) is 15.4. The first-order chi connectivity index (χ1) is 12.1. The third kappa shape index (κ3) is 5.53. The van der Waals surface area contributed by atoms with Gasteiger partial charge in [0, 0.05) is 33.1 Å². The molecule has 0 fully saturated rings. The smallest absolute Gasteiger partial charge is 0.250 e. The number of nitrogens with zero attached hydrogens (tertiary/aromatic N) is 1. The molecule has 0 unspecified atom stereocenters. The van der Waals surface area contributed by atoms with Crippen LogP contribution in [-0.4, -0.2) is 10.9 Å². The molecule has 1 heterocycles. The second-order valence-electron chi connectivity index (χ2n) is 5.31. The molecule has 0 radical (unpaired) electrons. The molecule has 0 spiro atoms. The van der Waals surface area contributed by atoms with Crippen molar-refractivity contribution in [3.05, 3.63) is 86.3 Å². The lowest BCUT2D eigenvalue weighted by Crippen LogP contribution is -2.07. The molecular weight excluding hydrogens is 420 g/mol. The van der Waals surface area contributed by atoms with Crippen LogP contribution in [0.1, 0.15) is 16.0 Å². The third-order valence-corrected chi connectivity index (χ3v) is 5.07. The summed E-state index contributed by atoms with van der Waals surface area (Å²) in [7, 11) is 0. The maximum absolute atomic E-state index is 12.0. The molecule has 0 aliphatic heterocycles. The van der Waals surface area contributed by atoms with Gasteiger partial charge < -0.3 is 0 Å². The third-order valence-electron chi connectivity index (χ3n) is 3.37. The lowest BCUT2D eigenvalue weighted by molar-refractivity contribution is -0.111. The molecule has 6 heteroatoms. The number of hydrogen-bond donors (Lipinski definition) is 1. The van der Waals surface area contributed by atoms with Crippen LogP contribution in [0.2, 0.25) is 5.02 Å². The van der Waals surface area contributed by atoms with Crippen molar-refractivity contribution in [2.45, 2.75) is 6.42 Å². The normalized spacial score (nSPS) is 11.0. The lowest BCUT2D eigenvalue weighted by atomic mass is 10.1. The van der Waals surface area contributed by atoms with E-state index >= 15 is 0 Å². The van der Waals surface area contributed by atoms with Gasteiger partial charge in [0.05, 0.1) is 0 Å². The monoisotopic (exact) mass is 432 g/mol. The predicted octanol–water partition coefficient (Wildman–Crippen LogP) is 5.80. The minimum absolute atomic E-state index is 0.209. The Hall–Kier alpha value is -1.95. The zero-order valence-corrected chi connectivity index (χ0v) is 16.2. The Morgan fingerprint density at radius 3 is 2.60 bits per heavy atom. The summed E-state index contributed by atoms with van der Waals surface area (Å²) in [5, 5.41) is 4.05. The second kappa shape index (κ2) is 8.43. The van der Waals surface area contributed by atoms with E-state index in [1.807, 2.05) is 24.3 Å². The van der Waals surface area contributed by atoms with Crippen molar-refractivity contribution in [2.24, 2.45) is 0 Å². The van der Waals surface area contributed by atoms with E-state index < -0.39 is 0 Å². The van der Waals surface area contributed by atoms with Crippen LogP contribution in [0, 0.1) is 0 Å². The average molecular weight is 434 g/mol. The highest BCUT2D eigenvalue weighted by Crippen LogP contribution is 2.22. The van der Waals surface area contributed by atoms with E-state index in [0.717, 1.165) is 21.3 Å². The number of amides is 1. The van der Waals surface area contributed by atoms with Gasteiger partial charge in [-0.05, 0) is 41.5 Å². The molecule has 0 saturated heterocycles. The Kier molecular flexibility index (Phi) is 6.02. The standard InChI is InChI=1S/C19H14BrClN2OS/c20-15-6-1-14(2-7-15)11-17-12-22-19(25-17)23-18(24)10-5-13-3-8-16(21)9-4-13/h1-10,12H,11H2,(H,22,23,24)/b10-5-. The van der Waals surface area contributed by atoms with Gasteiger partial charge in [-0.2, -0.15) is 0 Å². The Bertz CT molecular complexity index is 889. The van der Waals surface area contributed by atoms with E-state index in [1.54, 1.807) is 24.4 Å². The van der Waals surface area contributed by atoms with Crippen LogP contribution in [0.15, 0.2) is 65.3 Å².